The number of carbonyl (C=O) groups excluding carboxylic acids is 1. The van der Waals surface area contributed by atoms with Crippen LogP contribution in [0.15, 0.2) is 6.20 Å². The van der Waals surface area contributed by atoms with Crippen LogP contribution in [0.3, 0.4) is 0 Å². The van der Waals surface area contributed by atoms with Crippen molar-refractivity contribution in [3.05, 3.63) is 11.2 Å². The Morgan fingerprint density at radius 2 is 2.20 bits per heavy atom. The number of anilines is 2. The number of halogens is 1. The molecule has 0 aliphatic carbocycles. The van der Waals surface area contributed by atoms with Gasteiger partial charge in [-0.2, -0.15) is 4.98 Å². The van der Waals surface area contributed by atoms with Gasteiger partial charge in [0.05, 0.1) is 6.20 Å². The Labute approximate surface area is 123 Å². The number of carbonyl (C=O) groups is 1. The molecular weight excluding hydrogens is 278 g/mol. The molecule has 1 atom stereocenters. The van der Waals surface area contributed by atoms with Gasteiger partial charge in [0.25, 0.3) is 0 Å². The summed E-state index contributed by atoms with van der Waals surface area (Å²) < 4.78 is 0. The SMILES string of the molecule is CCNc1ncc(Cl)c(NC(C)C(=O)N2CCCC2)n1. The predicted octanol–water partition coefficient (Wildman–Crippen LogP) is 1.98. The van der Waals surface area contributed by atoms with Gasteiger partial charge in [0, 0.05) is 19.6 Å². The molecule has 20 heavy (non-hydrogen) atoms. The second-order valence-electron chi connectivity index (χ2n) is 4.82. The van der Waals surface area contributed by atoms with E-state index in [0.717, 1.165) is 32.5 Å². The third kappa shape index (κ3) is 3.50. The number of hydrogen-bond donors (Lipinski definition) is 2. The van der Waals surface area contributed by atoms with Crippen LogP contribution >= 0.6 is 11.6 Å². The molecule has 1 unspecified atom stereocenters. The largest absolute Gasteiger partial charge is 0.357 e. The van der Waals surface area contributed by atoms with Crippen molar-refractivity contribution in [2.75, 3.05) is 30.3 Å². The van der Waals surface area contributed by atoms with Gasteiger partial charge in [-0.1, -0.05) is 11.6 Å². The summed E-state index contributed by atoms with van der Waals surface area (Å²) in [4.78, 5) is 22.4. The van der Waals surface area contributed by atoms with Gasteiger partial charge in [-0.15, -0.1) is 0 Å². The fourth-order valence-electron chi connectivity index (χ4n) is 2.19. The van der Waals surface area contributed by atoms with E-state index in [1.54, 1.807) is 0 Å². The van der Waals surface area contributed by atoms with E-state index in [1.807, 2.05) is 18.7 Å². The van der Waals surface area contributed by atoms with E-state index in [4.69, 9.17) is 11.6 Å². The second-order valence-corrected chi connectivity index (χ2v) is 5.23. The predicted molar refractivity (Wildman–Crippen MR) is 80.1 cm³/mol. The number of likely N-dealkylation sites (tertiary alicyclic amines) is 1. The Morgan fingerprint density at radius 3 is 2.85 bits per heavy atom. The summed E-state index contributed by atoms with van der Waals surface area (Å²) in [6, 6.07) is -0.352. The van der Waals surface area contributed by atoms with E-state index in [9.17, 15) is 4.79 Å². The molecule has 1 fully saturated rings. The van der Waals surface area contributed by atoms with Crippen molar-refractivity contribution in [3.63, 3.8) is 0 Å². The molecule has 1 aromatic rings. The molecule has 0 radical (unpaired) electrons. The quantitative estimate of drug-likeness (QED) is 0.870. The van der Waals surface area contributed by atoms with Crippen molar-refractivity contribution in [3.8, 4) is 0 Å². The Bertz CT molecular complexity index is 476. The highest BCUT2D eigenvalue weighted by atomic mass is 35.5. The average molecular weight is 298 g/mol. The molecule has 2 rings (SSSR count). The zero-order chi connectivity index (χ0) is 14.5. The summed E-state index contributed by atoms with van der Waals surface area (Å²) in [5.74, 6) is 1.07. The molecule has 1 saturated heterocycles. The number of rotatable bonds is 5. The molecule has 0 bridgehead atoms. The van der Waals surface area contributed by atoms with Crippen LogP contribution in [0.2, 0.25) is 5.02 Å². The summed E-state index contributed by atoms with van der Waals surface area (Å²) in [6.45, 7) is 6.19. The monoisotopic (exact) mass is 297 g/mol. The normalized spacial score (nSPS) is 16.1. The maximum atomic E-state index is 12.2. The van der Waals surface area contributed by atoms with Crippen LogP contribution in [-0.4, -0.2) is 46.5 Å². The van der Waals surface area contributed by atoms with Crippen LogP contribution in [0.25, 0.3) is 0 Å². The van der Waals surface area contributed by atoms with Gasteiger partial charge in [-0.05, 0) is 26.7 Å². The minimum atomic E-state index is -0.352. The van der Waals surface area contributed by atoms with Crippen LogP contribution in [0.4, 0.5) is 11.8 Å². The summed E-state index contributed by atoms with van der Waals surface area (Å²) >= 11 is 6.06. The third-order valence-electron chi connectivity index (χ3n) is 3.22. The highest BCUT2D eigenvalue weighted by Crippen LogP contribution is 2.21. The maximum absolute atomic E-state index is 12.2. The minimum absolute atomic E-state index is 0.0854. The lowest BCUT2D eigenvalue weighted by Gasteiger charge is -2.21. The Morgan fingerprint density at radius 1 is 1.50 bits per heavy atom. The Hall–Kier alpha value is -1.56. The second kappa shape index (κ2) is 6.74. The van der Waals surface area contributed by atoms with Crippen LogP contribution < -0.4 is 10.6 Å². The van der Waals surface area contributed by atoms with Gasteiger partial charge in [0.2, 0.25) is 11.9 Å². The number of nitrogens with zero attached hydrogens (tertiary/aromatic N) is 3. The Kier molecular flexibility index (Phi) is 5.00. The summed E-state index contributed by atoms with van der Waals surface area (Å²) in [5.41, 5.74) is 0. The molecule has 2 N–H and O–H groups in total. The van der Waals surface area contributed by atoms with Crippen LogP contribution in [0, 0.1) is 0 Å². The molecule has 1 amide bonds. The van der Waals surface area contributed by atoms with E-state index < -0.39 is 0 Å². The van der Waals surface area contributed by atoms with Crippen molar-refractivity contribution in [1.82, 2.24) is 14.9 Å². The lowest BCUT2D eigenvalue weighted by Crippen LogP contribution is -2.39. The molecule has 0 spiro atoms. The molecule has 110 valence electrons. The maximum Gasteiger partial charge on any atom is 0.244 e. The molecule has 1 aromatic heterocycles. The standard InChI is InChI=1S/C13H20ClN5O/c1-3-15-13-16-8-10(14)11(18-13)17-9(2)12(20)19-6-4-5-7-19/h8-9H,3-7H2,1-2H3,(H2,15,16,17,18). The molecular formula is C13H20ClN5O. The lowest BCUT2D eigenvalue weighted by atomic mass is 10.3. The van der Waals surface area contributed by atoms with Crippen molar-refractivity contribution in [1.29, 1.82) is 0 Å². The smallest absolute Gasteiger partial charge is 0.244 e. The minimum Gasteiger partial charge on any atom is -0.357 e. The van der Waals surface area contributed by atoms with E-state index >= 15 is 0 Å². The number of hydrogen-bond acceptors (Lipinski definition) is 5. The van der Waals surface area contributed by atoms with E-state index in [0.29, 0.717) is 16.8 Å². The van der Waals surface area contributed by atoms with E-state index in [1.165, 1.54) is 6.20 Å². The first-order chi connectivity index (χ1) is 9.61. The number of amides is 1. The van der Waals surface area contributed by atoms with Gasteiger partial charge in [0.15, 0.2) is 5.82 Å². The molecule has 6 nitrogen and oxygen atoms in total. The fraction of sp³-hybridized carbons (Fsp3) is 0.615. The first-order valence-corrected chi connectivity index (χ1v) is 7.31. The lowest BCUT2D eigenvalue weighted by molar-refractivity contribution is -0.130. The third-order valence-corrected chi connectivity index (χ3v) is 3.50. The highest BCUT2D eigenvalue weighted by Gasteiger charge is 2.24. The zero-order valence-electron chi connectivity index (χ0n) is 11.8. The van der Waals surface area contributed by atoms with E-state index in [-0.39, 0.29) is 11.9 Å². The van der Waals surface area contributed by atoms with E-state index in [2.05, 4.69) is 20.6 Å². The summed E-state index contributed by atoms with van der Waals surface area (Å²) in [7, 11) is 0. The van der Waals surface area contributed by atoms with Gasteiger partial charge in [-0.3, -0.25) is 4.79 Å². The Balaban J connectivity index is 2.04. The molecule has 7 heteroatoms. The number of aromatic nitrogens is 2. The first-order valence-electron chi connectivity index (χ1n) is 6.93. The topological polar surface area (TPSA) is 70.2 Å². The summed E-state index contributed by atoms with van der Waals surface area (Å²) in [5, 5.41) is 6.50. The number of nitrogens with one attached hydrogen (secondary N) is 2. The van der Waals surface area contributed by atoms with Crippen LogP contribution in [-0.2, 0) is 4.79 Å². The van der Waals surface area contributed by atoms with Crippen molar-refractivity contribution in [2.24, 2.45) is 0 Å². The fourth-order valence-corrected chi connectivity index (χ4v) is 2.34. The van der Waals surface area contributed by atoms with Gasteiger partial charge in [-0.25, -0.2) is 4.98 Å². The molecule has 2 heterocycles. The molecule has 0 aromatic carbocycles. The molecule has 1 aliphatic rings. The summed E-state index contributed by atoms with van der Waals surface area (Å²) in [6.07, 6.45) is 3.69. The molecule has 1 aliphatic heterocycles. The molecule has 0 saturated carbocycles. The van der Waals surface area contributed by atoms with Gasteiger partial charge in [0.1, 0.15) is 11.1 Å². The van der Waals surface area contributed by atoms with Gasteiger partial charge < -0.3 is 15.5 Å². The van der Waals surface area contributed by atoms with Crippen molar-refractivity contribution >= 4 is 29.3 Å². The van der Waals surface area contributed by atoms with Crippen molar-refractivity contribution in [2.45, 2.75) is 32.7 Å². The van der Waals surface area contributed by atoms with Crippen molar-refractivity contribution < 1.29 is 4.79 Å². The average Bonchev–Trinajstić information content (AvgIpc) is 2.96. The highest BCUT2D eigenvalue weighted by molar-refractivity contribution is 6.32. The van der Waals surface area contributed by atoms with Crippen LogP contribution in [0.1, 0.15) is 26.7 Å². The zero-order valence-corrected chi connectivity index (χ0v) is 12.6. The van der Waals surface area contributed by atoms with Gasteiger partial charge >= 0.3 is 0 Å². The van der Waals surface area contributed by atoms with Crippen LogP contribution in [0.5, 0.6) is 0 Å². The first kappa shape index (κ1) is 14.8.